The van der Waals surface area contributed by atoms with E-state index in [1.165, 1.54) is 12.1 Å². The van der Waals surface area contributed by atoms with Crippen LogP contribution >= 0.6 is 0 Å². The fraction of sp³-hybridized carbons (Fsp3) is 0.571. The van der Waals surface area contributed by atoms with Crippen molar-refractivity contribution in [3.8, 4) is 0 Å². The molecular weight excluding hydrogens is 247 g/mol. The molecule has 4 nitrogen and oxygen atoms in total. The topological polar surface area (TPSA) is 56.5 Å². The highest BCUT2D eigenvalue weighted by molar-refractivity contribution is 5.23. The summed E-state index contributed by atoms with van der Waals surface area (Å²) >= 11 is 0. The molecule has 3 N–H and O–H groups in total. The number of rotatable bonds is 5. The molecule has 0 saturated carbocycles. The number of ether oxygens (including phenoxy) is 2. The van der Waals surface area contributed by atoms with Crippen LogP contribution in [0.3, 0.4) is 0 Å². The Labute approximate surface area is 113 Å². The molecule has 1 atom stereocenters. The van der Waals surface area contributed by atoms with Crippen LogP contribution in [0, 0.1) is 5.82 Å². The summed E-state index contributed by atoms with van der Waals surface area (Å²) in [5.41, 5.74) is 3.16. The van der Waals surface area contributed by atoms with Crippen molar-refractivity contribution >= 4 is 0 Å². The summed E-state index contributed by atoms with van der Waals surface area (Å²) in [6, 6.07) is 6.24. The van der Waals surface area contributed by atoms with Crippen molar-refractivity contribution in [2.75, 3.05) is 19.8 Å². The van der Waals surface area contributed by atoms with E-state index in [4.69, 9.17) is 15.3 Å². The zero-order valence-corrected chi connectivity index (χ0v) is 11.2. The quantitative estimate of drug-likeness (QED) is 0.633. The SMILES string of the molecule is CCOC1(C(NN)c2cccc(F)c2)CCOCC1. The maximum Gasteiger partial charge on any atom is 0.123 e. The number of hydrogen-bond acceptors (Lipinski definition) is 4. The van der Waals surface area contributed by atoms with Gasteiger partial charge < -0.3 is 9.47 Å². The van der Waals surface area contributed by atoms with Crippen molar-refractivity contribution in [1.29, 1.82) is 0 Å². The summed E-state index contributed by atoms with van der Waals surface area (Å²) < 4.78 is 24.8. The van der Waals surface area contributed by atoms with Gasteiger partial charge in [0.1, 0.15) is 5.82 Å². The van der Waals surface area contributed by atoms with E-state index >= 15 is 0 Å². The molecule has 0 aromatic heterocycles. The Balaban J connectivity index is 2.31. The lowest BCUT2D eigenvalue weighted by Gasteiger charge is -2.43. The summed E-state index contributed by atoms with van der Waals surface area (Å²) in [5.74, 6) is 5.44. The van der Waals surface area contributed by atoms with Gasteiger partial charge in [0.15, 0.2) is 0 Å². The highest BCUT2D eigenvalue weighted by Gasteiger charge is 2.41. The zero-order valence-electron chi connectivity index (χ0n) is 11.2. The molecule has 0 spiro atoms. The Morgan fingerprint density at radius 2 is 2.21 bits per heavy atom. The lowest BCUT2D eigenvalue weighted by molar-refractivity contribution is -0.128. The minimum atomic E-state index is -0.435. The van der Waals surface area contributed by atoms with E-state index in [0.717, 1.165) is 18.4 Å². The van der Waals surface area contributed by atoms with Gasteiger partial charge in [-0.05, 0) is 24.6 Å². The molecule has 19 heavy (non-hydrogen) atoms. The van der Waals surface area contributed by atoms with E-state index < -0.39 is 5.60 Å². The molecule has 1 aromatic rings. The smallest absolute Gasteiger partial charge is 0.123 e. The third-order valence-corrected chi connectivity index (χ3v) is 3.65. The second-order valence-electron chi connectivity index (χ2n) is 4.76. The molecule has 1 aliphatic rings. The first-order valence-electron chi connectivity index (χ1n) is 6.65. The number of benzene rings is 1. The lowest BCUT2D eigenvalue weighted by Crippen LogP contribution is -2.51. The van der Waals surface area contributed by atoms with Gasteiger partial charge in [-0.15, -0.1) is 0 Å². The number of nitrogens with two attached hydrogens (primary N) is 1. The van der Waals surface area contributed by atoms with Gasteiger partial charge >= 0.3 is 0 Å². The molecule has 0 amide bonds. The molecular formula is C14H21FN2O2. The molecule has 0 radical (unpaired) electrons. The first-order chi connectivity index (χ1) is 9.22. The standard InChI is InChI=1S/C14H21FN2O2/c1-2-19-14(6-8-18-9-7-14)13(17-16)11-4-3-5-12(15)10-11/h3-5,10,13,17H,2,6-9,16H2,1H3. The van der Waals surface area contributed by atoms with E-state index in [-0.39, 0.29) is 11.9 Å². The van der Waals surface area contributed by atoms with Crippen LogP contribution in [-0.2, 0) is 9.47 Å². The average molecular weight is 268 g/mol. The third-order valence-electron chi connectivity index (χ3n) is 3.65. The van der Waals surface area contributed by atoms with Crippen LogP contribution in [0.1, 0.15) is 31.4 Å². The molecule has 5 heteroatoms. The van der Waals surface area contributed by atoms with Crippen molar-refractivity contribution < 1.29 is 13.9 Å². The first kappa shape index (κ1) is 14.4. The van der Waals surface area contributed by atoms with E-state index in [9.17, 15) is 4.39 Å². The van der Waals surface area contributed by atoms with Crippen molar-refractivity contribution in [1.82, 2.24) is 5.43 Å². The van der Waals surface area contributed by atoms with Gasteiger partial charge in [-0.1, -0.05) is 12.1 Å². The fourth-order valence-electron chi connectivity index (χ4n) is 2.76. The van der Waals surface area contributed by atoms with Crippen LogP contribution in [0.25, 0.3) is 0 Å². The minimum Gasteiger partial charge on any atom is -0.381 e. The monoisotopic (exact) mass is 268 g/mol. The Morgan fingerprint density at radius 3 is 2.79 bits per heavy atom. The highest BCUT2D eigenvalue weighted by atomic mass is 19.1. The van der Waals surface area contributed by atoms with E-state index in [1.54, 1.807) is 6.07 Å². The molecule has 1 aliphatic heterocycles. The van der Waals surface area contributed by atoms with Gasteiger partial charge in [-0.25, -0.2) is 4.39 Å². The second-order valence-corrected chi connectivity index (χ2v) is 4.76. The van der Waals surface area contributed by atoms with Crippen LogP contribution in [0.4, 0.5) is 4.39 Å². The molecule has 1 fully saturated rings. The predicted octanol–water partition coefficient (Wildman–Crippen LogP) is 1.92. The van der Waals surface area contributed by atoms with E-state index in [2.05, 4.69) is 5.43 Å². The lowest BCUT2D eigenvalue weighted by atomic mass is 9.82. The van der Waals surface area contributed by atoms with Crippen molar-refractivity contribution in [2.45, 2.75) is 31.4 Å². The summed E-state index contributed by atoms with van der Waals surface area (Å²) in [7, 11) is 0. The molecule has 2 rings (SSSR count). The van der Waals surface area contributed by atoms with Crippen LogP contribution in [0.5, 0.6) is 0 Å². The maximum absolute atomic E-state index is 13.4. The zero-order chi connectivity index (χ0) is 13.7. The molecule has 1 heterocycles. The highest BCUT2D eigenvalue weighted by Crippen LogP contribution is 2.37. The summed E-state index contributed by atoms with van der Waals surface area (Å²) in [5, 5.41) is 0. The second kappa shape index (κ2) is 6.43. The average Bonchev–Trinajstić information content (AvgIpc) is 2.41. The van der Waals surface area contributed by atoms with Crippen LogP contribution in [0.15, 0.2) is 24.3 Å². The Bertz CT molecular complexity index is 403. The Kier molecular flexibility index (Phi) is 4.87. The summed E-state index contributed by atoms with van der Waals surface area (Å²) in [6.45, 7) is 3.81. The summed E-state index contributed by atoms with van der Waals surface area (Å²) in [4.78, 5) is 0. The maximum atomic E-state index is 13.4. The van der Waals surface area contributed by atoms with Crippen molar-refractivity contribution in [2.24, 2.45) is 5.84 Å². The molecule has 0 aliphatic carbocycles. The number of hydrogen-bond donors (Lipinski definition) is 2. The third kappa shape index (κ3) is 3.12. The van der Waals surface area contributed by atoms with Crippen LogP contribution in [-0.4, -0.2) is 25.4 Å². The Hall–Kier alpha value is -1.01. The van der Waals surface area contributed by atoms with E-state index in [0.29, 0.717) is 19.8 Å². The predicted molar refractivity (Wildman–Crippen MR) is 70.9 cm³/mol. The van der Waals surface area contributed by atoms with Gasteiger partial charge in [0, 0.05) is 32.7 Å². The molecule has 1 saturated heterocycles. The number of nitrogens with one attached hydrogen (secondary N) is 1. The molecule has 106 valence electrons. The molecule has 1 aromatic carbocycles. The summed E-state index contributed by atoms with van der Waals surface area (Å²) in [6.07, 6.45) is 1.48. The molecule has 1 unspecified atom stereocenters. The minimum absolute atomic E-state index is 0.243. The number of hydrazine groups is 1. The fourth-order valence-corrected chi connectivity index (χ4v) is 2.76. The largest absolute Gasteiger partial charge is 0.381 e. The van der Waals surface area contributed by atoms with Gasteiger partial charge in [-0.2, -0.15) is 0 Å². The van der Waals surface area contributed by atoms with Crippen LogP contribution in [0.2, 0.25) is 0 Å². The van der Waals surface area contributed by atoms with Gasteiger partial charge in [0.2, 0.25) is 0 Å². The van der Waals surface area contributed by atoms with Crippen molar-refractivity contribution in [3.63, 3.8) is 0 Å². The van der Waals surface area contributed by atoms with Gasteiger partial charge in [0.05, 0.1) is 11.6 Å². The van der Waals surface area contributed by atoms with Gasteiger partial charge in [0.25, 0.3) is 0 Å². The van der Waals surface area contributed by atoms with E-state index in [1.807, 2.05) is 13.0 Å². The molecule has 0 bridgehead atoms. The first-order valence-corrected chi connectivity index (χ1v) is 6.65. The van der Waals surface area contributed by atoms with Crippen LogP contribution < -0.4 is 11.3 Å². The Morgan fingerprint density at radius 1 is 1.47 bits per heavy atom. The normalized spacial score (nSPS) is 20.2. The van der Waals surface area contributed by atoms with Crippen molar-refractivity contribution in [3.05, 3.63) is 35.6 Å². The van der Waals surface area contributed by atoms with Gasteiger partial charge in [-0.3, -0.25) is 11.3 Å². The number of halogens is 1.